The number of aliphatic carboxylic acids is 1. The maximum Gasteiger partial charge on any atom is 0.344 e. The highest BCUT2D eigenvalue weighted by molar-refractivity contribution is 6.30. The van der Waals surface area contributed by atoms with E-state index in [2.05, 4.69) is 10.5 Å². The molecule has 0 heterocycles. The van der Waals surface area contributed by atoms with Gasteiger partial charge in [0.2, 0.25) is 0 Å². The molecule has 0 bridgehead atoms. The first-order chi connectivity index (χ1) is 11.5. The van der Waals surface area contributed by atoms with E-state index in [-0.39, 0.29) is 5.91 Å². The fourth-order valence-electron chi connectivity index (χ4n) is 1.75. The van der Waals surface area contributed by atoms with Crippen molar-refractivity contribution in [3.8, 4) is 5.75 Å². The van der Waals surface area contributed by atoms with Gasteiger partial charge in [0.15, 0.2) is 6.10 Å². The zero-order valence-electron chi connectivity index (χ0n) is 12.8. The Labute approximate surface area is 143 Å². The van der Waals surface area contributed by atoms with Crippen molar-refractivity contribution in [2.24, 2.45) is 5.10 Å². The summed E-state index contributed by atoms with van der Waals surface area (Å²) in [5.74, 6) is -0.974. The lowest BCUT2D eigenvalue weighted by Crippen LogP contribution is -2.22. The summed E-state index contributed by atoms with van der Waals surface area (Å²) in [5.41, 5.74) is 3.53. The van der Waals surface area contributed by atoms with Gasteiger partial charge in [-0.15, -0.1) is 0 Å². The van der Waals surface area contributed by atoms with Crippen molar-refractivity contribution < 1.29 is 19.4 Å². The third-order valence-electron chi connectivity index (χ3n) is 3.01. The number of carbonyl (C=O) groups is 2. The smallest absolute Gasteiger partial charge is 0.344 e. The largest absolute Gasteiger partial charge is 0.479 e. The van der Waals surface area contributed by atoms with Gasteiger partial charge in [0.05, 0.1) is 6.21 Å². The molecule has 0 unspecified atom stereocenters. The van der Waals surface area contributed by atoms with Crippen molar-refractivity contribution >= 4 is 29.7 Å². The number of benzene rings is 2. The number of carboxylic acid groups (broad SMARTS) is 1. The summed E-state index contributed by atoms with van der Waals surface area (Å²) >= 11 is 5.82. The van der Waals surface area contributed by atoms with Crippen LogP contribution in [0.15, 0.2) is 53.6 Å². The minimum Gasteiger partial charge on any atom is -0.479 e. The minimum atomic E-state index is -1.04. The summed E-state index contributed by atoms with van der Waals surface area (Å²) in [6, 6.07) is 13.2. The fraction of sp³-hybridized carbons (Fsp3) is 0.118. The third-order valence-corrected chi connectivity index (χ3v) is 3.24. The van der Waals surface area contributed by atoms with Crippen molar-refractivity contribution in [3.63, 3.8) is 0 Å². The molecule has 124 valence electrons. The lowest BCUT2D eigenvalue weighted by Gasteiger charge is -2.09. The number of hydrogen-bond acceptors (Lipinski definition) is 4. The van der Waals surface area contributed by atoms with Crippen LogP contribution < -0.4 is 10.2 Å². The SMILES string of the molecule is C[C@@H](Oc1ccc(/C=N\NC(=O)c2cccc(Cl)c2)cc1)C(=O)O. The van der Waals surface area contributed by atoms with Gasteiger partial charge in [0, 0.05) is 10.6 Å². The molecule has 0 aromatic heterocycles. The van der Waals surface area contributed by atoms with E-state index in [9.17, 15) is 9.59 Å². The molecule has 1 atom stereocenters. The molecule has 6 nitrogen and oxygen atoms in total. The number of hydrazone groups is 1. The average molecular weight is 347 g/mol. The number of carboxylic acids is 1. The number of amides is 1. The number of nitrogens with one attached hydrogen (secondary N) is 1. The van der Waals surface area contributed by atoms with Crippen molar-refractivity contribution in [3.05, 3.63) is 64.7 Å². The van der Waals surface area contributed by atoms with Crippen LogP contribution in [0.25, 0.3) is 0 Å². The Kier molecular flexibility index (Phi) is 5.92. The van der Waals surface area contributed by atoms with Crippen LogP contribution in [0, 0.1) is 0 Å². The second kappa shape index (κ2) is 8.12. The van der Waals surface area contributed by atoms with Crippen LogP contribution in [0.4, 0.5) is 0 Å². The molecule has 0 aliphatic rings. The summed E-state index contributed by atoms with van der Waals surface area (Å²) in [7, 11) is 0. The number of rotatable bonds is 6. The Morgan fingerprint density at radius 1 is 1.25 bits per heavy atom. The van der Waals surface area contributed by atoms with Gasteiger partial charge in [-0.3, -0.25) is 4.79 Å². The van der Waals surface area contributed by atoms with E-state index >= 15 is 0 Å². The van der Waals surface area contributed by atoms with Gasteiger partial charge in [-0.05, 0) is 55.0 Å². The van der Waals surface area contributed by atoms with Crippen molar-refractivity contribution in [1.82, 2.24) is 5.43 Å². The van der Waals surface area contributed by atoms with Gasteiger partial charge >= 0.3 is 5.97 Å². The van der Waals surface area contributed by atoms with Crippen molar-refractivity contribution in [1.29, 1.82) is 0 Å². The van der Waals surface area contributed by atoms with Gasteiger partial charge in [0.1, 0.15) is 5.75 Å². The lowest BCUT2D eigenvalue weighted by atomic mass is 10.2. The third kappa shape index (κ3) is 5.10. The molecule has 24 heavy (non-hydrogen) atoms. The van der Waals surface area contributed by atoms with E-state index in [0.717, 1.165) is 5.56 Å². The molecule has 0 spiro atoms. The monoisotopic (exact) mass is 346 g/mol. The normalized spacial score (nSPS) is 11.9. The summed E-state index contributed by atoms with van der Waals surface area (Å²) < 4.78 is 5.22. The molecule has 2 aromatic rings. The lowest BCUT2D eigenvalue weighted by molar-refractivity contribution is -0.144. The zero-order chi connectivity index (χ0) is 17.5. The first-order valence-corrected chi connectivity index (χ1v) is 7.42. The van der Waals surface area contributed by atoms with Crippen LogP contribution in [0.1, 0.15) is 22.8 Å². The van der Waals surface area contributed by atoms with Crippen LogP contribution >= 0.6 is 11.6 Å². The molecule has 0 fully saturated rings. The Morgan fingerprint density at radius 2 is 1.96 bits per heavy atom. The van der Waals surface area contributed by atoms with E-state index in [4.69, 9.17) is 21.4 Å². The molecule has 2 aromatic carbocycles. The van der Waals surface area contributed by atoms with Gasteiger partial charge in [-0.25, -0.2) is 10.2 Å². The number of halogens is 1. The van der Waals surface area contributed by atoms with Crippen LogP contribution in [0.5, 0.6) is 5.75 Å². The molecule has 2 N–H and O–H groups in total. The van der Waals surface area contributed by atoms with E-state index in [1.807, 2.05) is 0 Å². The Balaban J connectivity index is 1.92. The summed E-state index contributed by atoms with van der Waals surface area (Å²) in [4.78, 5) is 22.6. The second-order valence-corrected chi connectivity index (χ2v) is 5.31. The molecule has 0 saturated carbocycles. The molecular formula is C17H15ClN2O4. The van der Waals surface area contributed by atoms with Crippen LogP contribution in [0.3, 0.4) is 0 Å². The maximum absolute atomic E-state index is 11.9. The van der Waals surface area contributed by atoms with Gasteiger partial charge < -0.3 is 9.84 Å². The van der Waals surface area contributed by atoms with Crippen molar-refractivity contribution in [2.45, 2.75) is 13.0 Å². The summed E-state index contributed by atoms with van der Waals surface area (Å²) in [6.45, 7) is 1.45. The summed E-state index contributed by atoms with van der Waals surface area (Å²) in [5, 5.41) is 13.1. The fourth-order valence-corrected chi connectivity index (χ4v) is 1.94. The van der Waals surface area contributed by atoms with Crippen molar-refractivity contribution in [2.75, 3.05) is 0 Å². The minimum absolute atomic E-state index is 0.371. The Morgan fingerprint density at radius 3 is 2.58 bits per heavy atom. The topological polar surface area (TPSA) is 88.0 Å². The predicted octanol–water partition coefficient (Wildman–Crippen LogP) is 2.96. The molecule has 0 aliphatic carbocycles. The first kappa shape index (κ1) is 17.5. The van der Waals surface area contributed by atoms with Crippen LogP contribution in [-0.4, -0.2) is 29.3 Å². The Bertz CT molecular complexity index is 759. The first-order valence-electron chi connectivity index (χ1n) is 7.04. The van der Waals surface area contributed by atoms with E-state index in [0.29, 0.717) is 16.3 Å². The highest BCUT2D eigenvalue weighted by Gasteiger charge is 2.11. The molecule has 1 amide bonds. The highest BCUT2D eigenvalue weighted by atomic mass is 35.5. The molecule has 0 saturated heterocycles. The van der Waals surface area contributed by atoms with Gasteiger partial charge in [-0.2, -0.15) is 5.10 Å². The average Bonchev–Trinajstić information content (AvgIpc) is 2.56. The number of carbonyl (C=O) groups excluding carboxylic acids is 1. The number of nitrogens with zero attached hydrogens (tertiary/aromatic N) is 1. The number of hydrogen-bond donors (Lipinski definition) is 2. The molecule has 0 radical (unpaired) electrons. The number of ether oxygens (including phenoxy) is 1. The molecular weight excluding hydrogens is 332 g/mol. The standard InChI is InChI=1S/C17H15ClN2O4/c1-11(17(22)23)24-15-7-5-12(6-8-15)10-19-20-16(21)13-3-2-4-14(18)9-13/h2-11H,1H3,(H,20,21)(H,22,23)/b19-10-/t11-/m1/s1. The molecule has 2 rings (SSSR count). The quantitative estimate of drug-likeness (QED) is 0.621. The van der Waals surface area contributed by atoms with E-state index < -0.39 is 12.1 Å². The van der Waals surface area contributed by atoms with E-state index in [1.165, 1.54) is 13.1 Å². The van der Waals surface area contributed by atoms with Crippen LogP contribution in [0.2, 0.25) is 5.02 Å². The maximum atomic E-state index is 11.9. The second-order valence-electron chi connectivity index (χ2n) is 4.88. The summed E-state index contributed by atoms with van der Waals surface area (Å²) in [6.07, 6.45) is 0.536. The molecule has 0 aliphatic heterocycles. The Hall–Kier alpha value is -2.86. The van der Waals surface area contributed by atoms with E-state index in [1.54, 1.807) is 48.5 Å². The van der Waals surface area contributed by atoms with Crippen LogP contribution in [-0.2, 0) is 4.79 Å². The highest BCUT2D eigenvalue weighted by Crippen LogP contribution is 2.13. The zero-order valence-corrected chi connectivity index (χ0v) is 13.5. The van der Waals surface area contributed by atoms with Gasteiger partial charge in [-0.1, -0.05) is 17.7 Å². The van der Waals surface area contributed by atoms with Gasteiger partial charge in [0.25, 0.3) is 5.91 Å². The molecule has 7 heteroatoms. The predicted molar refractivity (Wildman–Crippen MR) is 90.7 cm³/mol.